The number of anilines is 2. The van der Waals surface area contributed by atoms with Gasteiger partial charge in [0.15, 0.2) is 5.11 Å². The van der Waals surface area contributed by atoms with Crippen LogP contribution >= 0.6 is 12.2 Å². The Kier molecular flexibility index (Phi) is 5.03. The van der Waals surface area contributed by atoms with Gasteiger partial charge in [-0.25, -0.2) is 4.98 Å². The fourth-order valence-corrected chi connectivity index (χ4v) is 3.63. The number of hydrogen-bond acceptors (Lipinski definition) is 3. The molecule has 136 valence electrons. The highest BCUT2D eigenvalue weighted by Crippen LogP contribution is 2.27. The number of pyridine rings is 1. The van der Waals surface area contributed by atoms with E-state index >= 15 is 0 Å². The lowest BCUT2D eigenvalue weighted by molar-refractivity contribution is 0.722. The quantitative estimate of drug-likeness (QED) is 0.651. The molecule has 0 saturated carbocycles. The van der Waals surface area contributed by atoms with Crippen LogP contribution in [0.3, 0.4) is 0 Å². The van der Waals surface area contributed by atoms with Crippen molar-refractivity contribution in [2.75, 3.05) is 10.2 Å². The minimum Gasteiger partial charge on any atom is -0.356 e. The summed E-state index contributed by atoms with van der Waals surface area (Å²) in [6.45, 7) is 3.91. The van der Waals surface area contributed by atoms with Crippen molar-refractivity contribution in [3.8, 4) is 0 Å². The monoisotopic (exact) mass is 374 g/mol. The van der Waals surface area contributed by atoms with Crippen LogP contribution < -0.4 is 15.5 Å². The summed E-state index contributed by atoms with van der Waals surface area (Å²) in [6.07, 6.45) is 1.83. The maximum atomic E-state index is 5.44. The van der Waals surface area contributed by atoms with Crippen LogP contribution in [0.25, 0.3) is 0 Å². The zero-order valence-electron chi connectivity index (χ0n) is 15.2. The molecule has 1 aromatic heterocycles. The van der Waals surface area contributed by atoms with Crippen LogP contribution in [0.4, 0.5) is 11.5 Å². The largest absolute Gasteiger partial charge is 0.356 e. The Morgan fingerprint density at radius 3 is 2.26 bits per heavy atom. The van der Waals surface area contributed by atoms with E-state index in [2.05, 4.69) is 63.8 Å². The normalized spacial score (nSPS) is 13.7. The summed E-state index contributed by atoms with van der Waals surface area (Å²) < 4.78 is 0. The average Bonchev–Trinajstić information content (AvgIpc) is 3.13. The van der Waals surface area contributed by atoms with E-state index in [0.29, 0.717) is 5.11 Å². The van der Waals surface area contributed by atoms with E-state index in [1.165, 1.54) is 16.7 Å². The van der Waals surface area contributed by atoms with Gasteiger partial charge in [-0.15, -0.1) is 0 Å². The van der Waals surface area contributed by atoms with Gasteiger partial charge >= 0.3 is 0 Å². The lowest BCUT2D eigenvalue weighted by atomic mass is 10.1. The highest BCUT2D eigenvalue weighted by molar-refractivity contribution is 7.80. The van der Waals surface area contributed by atoms with Gasteiger partial charge in [0.2, 0.25) is 0 Å². The predicted octanol–water partition coefficient (Wildman–Crippen LogP) is 4.65. The highest BCUT2D eigenvalue weighted by atomic mass is 32.1. The molecule has 2 heterocycles. The Morgan fingerprint density at radius 2 is 1.63 bits per heavy atom. The smallest absolute Gasteiger partial charge is 0.171 e. The molecule has 2 N–H and O–H groups in total. The van der Waals surface area contributed by atoms with Crippen LogP contribution in [0.1, 0.15) is 29.7 Å². The van der Waals surface area contributed by atoms with Crippen molar-refractivity contribution in [1.82, 2.24) is 10.3 Å². The fraction of sp³-hybridized carbons (Fsp3) is 0.182. The number of hydrogen-bond donors (Lipinski definition) is 2. The van der Waals surface area contributed by atoms with E-state index < -0.39 is 0 Å². The first-order valence-electron chi connectivity index (χ1n) is 9.09. The van der Waals surface area contributed by atoms with E-state index in [9.17, 15) is 0 Å². The molecule has 1 aliphatic heterocycles. The number of nitrogens with one attached hydrogen (secondary N) is 2. The van der Waals surface area contributed by atoms with Crippen molar-refractivity contribution >= 4 is 28.8 Å². The second-order valence-corrected chi connectivity index (χ2v) is 7.17. The van der Waals surface area contributed by atoms with E-state index in [1.54, 1.807) is 0 Å². The van der Waals surface area contributed by atoms with Crippen molar-refractivity contribution < 1.29 is 0 Å². The zero-order chi connectivity index (χ0) is 18.6. The second-order valence-electron chi connectivity index (χ2n) is 6.76. The number of aromatic nitrogens is 1. The topological polar surface area (TPSA) is 40.2 Å². The van der Waals surface area contributed by atoms with Gasteiger partial charge < -0.3 is 15.5 Å². The first-order valence-corrected chi connectivity index (χ1v) is 9.50. The second kappa shape index (κ2) is 7.76. The summed E-state index contributed by atoms with van der Waals surface area (Å²) in [7, 11) is 0. The van der Waals surface area contributed by atoms with Crippen molar-refractivity contribution in [2.24, 2.45) is 0 Å². The Bertz CT molecular complexity index is 900. The molecule has 0 aliphatic carbocycles. The summed E-state index contributed by atoms with van der Waals surface area (Å²) in [5.74, 6) is 0.980. The van der Waals surface area contributed by atoms with E-state index in [1.807, 2.05) is 36.5 Å². The number of thiocarbonyl (C=S) groups is 1. The maximum Gasteiger partial charge on any atom is 0.171 e. The molecule has 4 rings (SSSR count). The van der Waals surface area contributed by atoms with Crippen molar-refractivity contribution in [2.45, 2.75) is 26.1 Å². The Balaban J connectivity index is 1.35. The number of nitrogens with zero attached hydrogens (tertiary/aromatic N) is 2. The third-order valence-electron chi connectivity index (χ3n) is 4.82. The van der Waals surface area contributed by atoms with Gasteiger partial charge in [-0.2, -0.15) is 0 Å². The molecule has 2 aromatic carbocycles. The highest BCUT2D eigenvalue weighted by Gasteiger charge is 2.19. The lowest BCUT2D eigenvalue weighted by Crippen LogP contribution is -2.30. The summed E-state index contributed by atoms with van der Waals surface area (Å²) >= 11 is 5.44. The van der Waals surface area contributed by atoms with Crippen LogP contribution in [-0.4, -0.2) is 10.1 Å². The van der Waals surface area contributed by atoms with E-state index in [-0.39, 0.29) is 6.04 Å². The molecule has 4 nitrogen and oxygen atoms in total. The summed E-state index contributed by atoms with van der Waals surface area (Å²) in [5.41, 5.74) is 4.83. The lowest BCUT2D eigenvalue weighted by Gasteiger charge is -2.19. The van der Waals surface area contributed by atoms with Gasteiger partial charge in [0.1, 0.15) is 5.82 Å². The molecule has 0 bridgehead atoms. The van der Waals surface area contributed by atoms with Crippen LogP contribution in [-0.2, 0) is 13.1 Å². The molecule has 1 atom stereocenters. The molecule has 0 radical (unpaired) electrons. The molecule has 1 aliphatic rings. The van der Waals surface area contributed by atoms with Crippen LogP contribution in [0.5, 0.6) is 0 Å². The standard InChI is InChI=1S/C22H22N4S/c1-16(17-7-3-2-4-8-17)24-22(27)25-20-11-12-21(23-13-20)26-14-18-9-5-6-10-19(18)15-26/h2-13,16H,14-15H2,1H3,(H2,24,25,27). The van der Waals surface area contributed by atoms with Crippen LogP contribution in [0.2, 0.25) is 0 Å². The van der Waals surface area contributed by atoms with Crippen molar-refractivity contribution in [1.29, 1.82) is 0 Å². The minimum absolute atomic E-state index is 0.140. The molecule has 1 unspecified atom stereocenters. The molecular weight excluding hydrogens is 352 g/mol. The Morgan fingerprint density at radius 1 is 0.963 bits per heavy atom. The zero-order valence-corrected chi connectivity index (χ0v) is 16.0. The van der Waals surface area contributed by atoms with Gasteiger partial charge in [0.05, 0.1) is 17.9 Å². The third-order valence-corrected chi connectivity index (χ3v) is 5.04. The van der Waals surface area contributed by atoms with Gasteiger partial charge in [-0.05, 0) is 48.0 Å². The van der Waals surface area contributed by atoms with Gasteiger partial charge in [-0.3, -0.25) is 0 Å². The number of rotatable bonds is 4. The Hall–Kier alpha value is -2.92. The summed E-state index contributed by atoms with van der Waals surface area (Å²) in [4.78, 5) is 6.89. The van der Waals surface area contributed by atoms with Crippen LogP contribution in [0, 0.1) is 0 Å². The minimum atomic E-state index is 0.140. The molecular formula is C22H22N4S. The van der Waals surface area contributed by atoms with Gasteiger partial charge in [0, 0.05) is 13.1 Å². The van der Waals surface area contributed by atoms with E-state index in [4.69, 9.17) is 12.2 Å². The SMILES string of the molecule is CC(NC(=S)Nc1ccc(N2Cc3ccccc3C2)nc1)c1ccccc1. The average molecular weight is 375 g/mol. The third kappa shape index (κ3) is 4.09. The fourth-order valence-electron chi connectivity index (χ4n) is 3.33. The number of benzene rings is 2. The number of fused-ring (bicyclic) bond motifs is 1. The Labute approximate surface area is 165 Å². The summed E-state index contributed by atoms with van der Waals surface area (Å²) in [6, 6.07) is 23.0. The first-order chi connectivity index (χ1) is 13.2. The summed E-state index contributed by atoms with van der Waals surface area (Å²) in [5, 5.41) is 7.12. The van der Waals surface area contributed by atoms with E-state index in [0.717, 1.165) is 24.6 Å². The maximum absolute atomic E-state index is 5.44. The van der Waals surface area contributed by atoms with Crippen LogP contribution in [0.15, 0.2) is 72.9 Å². The molecule has 5 heteroatoms. The van der Waals surface area contributed by atoms with Crippen molar-refractivity contribution in [3.05, 3.63) is 89.6 Å². The molecule has 0 saturated heterocycles. The molecule has 0 spiro atoms. The van der Waals surface area contributed by atoms with Gasteiger partial charge in [-0.1, -0.05) is 54.6 Å². The molecule has 3 aromatic rings. The molecule has 27 heavy (non-hydrogen) atoms. The predicted molar refractivity (Wildman–Crippen MR) is 115 cm³/mol. The van der Waals surface area contributed by atoms with Crippen molar-refractivity contribution in [3.63, 3.8) is 0 Å². The molecule has 0 amide bonds. The first kappa shape index (κ1) is 17.5. The molecule has 0 fully saturated rings. The van der Waals surface area contributed by atoms with Gasteiger partial charge in [0.25, 0.3) is 0 Å².